The Morgan fingerprint density at radius 1 is 0.810 bits per heavy atom. The molecule has 116 valence electrons. The molecule has 0 saturated carbocycles. The number of hydrogen-bond acceptors (Lipinski definition) is 0. The third-order valence-electron chi connectivity index (χ3n) is 3.51. The molecule has 0 fully saturated rings. The van der Waals surface area contributed by atoms with Gasteiger partial charge in [0.1, 0.15) is 0 Å². The Kier molecular flexibility index (Phi) is 13.0. The number of unbranched alkanes of at least 4 members (excludes halogenated alkanes) is 1. The second-order valence-electron chi connectivity index (χ2n) is 5.52. The topological polar surface area (TPSA) is 0 Å². The van der Waals surface area contributed by atoms with E-state index in [0.29, 0.717) is 0 Å². The normalized spacial score (nSPS) is 9.67. The van der Waals surface area contributed by atoms with E-state index in [0.717, 1.165) is 0 Å². The van der Waals surface area contributed by atoms with Crippen molar-refractivity contribution in [2.24, 2.45) is 0 Å². The molecule has 0 nitrogen and oxygen atoms in total. The van der Waals surface area contributed by atoms with Crippen molar-refractivity contribution in [2.45, 2.75) is 65.7 Å². The molecule has 0 aliphatic carbocycles. The number of aryl methyl sites for hydroxylation is 3. The van der Waals surface area contributed by atoms with Crippen LogP contribution in [0.25, 0.3) is 0 Å². The van der Waals surface area contributed by atoms with Crippen LogP contribution in [-0.4, -0.2) is 0 Å². The molecule has 21 heavy (non-hydrogen) atoms. The average molecular weight is 449 g/mol. The summed E-state index contributed by atoms with van der Waals surface area (Å²) in [6.07, 6.45) is 8.88. The molecule has 0 aromatic heterocycles. The smallest absolute Gasteiger partial charge is 0 e. The Hall–Kier alpha value is -0.430. The van der Waals surface area contributed by atoms with Crippen LogP contribution in [0, 0.1) is 0 Å². The van der Waals surface area contributed by atoms with Crippen LogP contribution in [-0.2, 0) is 45.1 Å². The van der Waals surface area contributed by atoms with Crippen LogP contribution < -0.4 is 0 Å². The van der Waals surface area contributed by atoms with Gasteiger partial charge in [-0.05, 0) is 0 Å². The molecule has 0 amide bonds. The van der Waals surface area contributed by atoms with E-state index in [1.165, 1.54) is 61.6 Å². The Balaban J connectivity index is 0.000000390. The van der Waals surface area contributed by atoms with Gasteiger partial charge in [-0.15, -0.1) is 0 Å². The van der Waals surface area contributed by atoms with Gasteiger partial charge >= 0.3 is 0 Å². The Labute approximate surface area is 150 Å². The van der Waals surface area contributed by atoms with Crippen molar-refractivity contribution in [1.29, 1.82) is 0 Å². The molecule has 0 spiro atoms. The van der Waals surface area contributed by atoms with Gasteiger partial charge in [0.15, 0.2) is 0 Å². The molecule has 0 saturated heterocycles. The van der Waals surface area contributed by atoms with Crippen LogP contribution in [0.1, 0.15) is 63.1 Å². The average Bonchev–Trinajstić information content (AvgIpc) is 3.10. The SMILES string of the molecule is CCCCc1cc[c-](CCC)c1.CCC[c-]1cccc1.[Hf]. The van der Waals surface area contributed by atoms with Crippen molar-refractivity contribution in [3.63, 3.8) is 0 Å². The first-order chi connectivity index (χ1) is 9.80. The standard InChI is InChI=1S/C12H19.C8H11.Hf/c1-3-5-7-12-9-8-11(10-12)6-4-2;1-2-5-8-6-3-4-7-8;/h8-10H,3-7H2,1-2H3;3-4,6-7H,2,5H2,1H3;/q2*-1;. The van der Waals surface area contributed by atoms with Gasteiger partial charge in [0.2, 0.25) is 0 Å². The van der Waals surface area contributed by atoms with Crippen LogP contribution in [0.3, 0.4) is 0 Å². The molecule has 0 radical (unpaired) electrons. The van der Waals surface area contributed by atoms with Crippen molar-refractivity contribution in [3.8, 4) is 0 Å². The summed E-state index contributed by atoms with van der Waals surface area (Å²) in [5.41, 5.74) is 4.51. The molecule has 0 aliphatic rings. The van der Waals surface area contributed by atoms with E-state index in [4.69, 9.17) is 0 Å². The zero-order valence-electron chi connectivity index (χ0n) is 14.0. The summed E-state index contributed by atoms with van der Waals surface area (Å²) in [6, 6.07) is 15.4. The van der Waals surface area contributed by atoms with Gasteiger partial charge in [0.05, 0.1) is 0 Å². The Morgan fingerprint density at radius 3 is 2.00 bits per heavy atom. The quantitative estimate of drug-likeness (QED) is 0.357. The fourth-order valence-electron chi connectivity index (χ4n) is 2.40. The molecule has 2 aromatic rings. The monoisotopic (exact) mass is 450 g/mol. The summed E-state index contributed by atoms with van der Waals surface area (Å²) in [7, 11) is 0. The van der Waals surface area contributed by atoms with Crippen LogP contribution in [0.15, 0.2) is 42.5 Å². The third-order valence-corrected chi connectivity index (χ3v) is 3.51. The number of hydrogen-bond donors (Lipinski definition) is 0. The van der Waals surface area contributed by atoms with E-state index in [2.05, 4.69) is 63.2 Å². The van der Waals surface area contributed by atoms with Gasteiger partial charge in [-0.25, -0.2) is 18.2 Å². The predicted molar refractivity (Wildman–Crippen MR) is 90.7 cm³/mol. The summed E-state index contributed by atoms with van der Waals surface area (Å²) in [5.74, 6) is 0. The molecule has 0 heterocycles. The maximum absolute atomic E-state index is 2.36. The van der Waals surface area contributed by atoms with Gasteiger partial charge in [-0.3, -0.25) is 0 Å². The minimum atomic E-state index is 0. The van der Waals surface area contributed by atoms with Gasteiger partial charge in [-0.2, -0.15) is 41.0 Å². The van der Waals surface area contributed by atoms with Crippen LogP contribution >= 0.6 is 0 Å². The minimum absolute atomic E-state index is 0. The van der Waals surface area contributed by atoms with E-state index in [1.54, 1.807) is 0 Å². The third kappa shape index (κ3) is 9.24. The minimum Gasteiger partial charge on any atom is -0.213 e. The van der Waals surface area contributed by atoms with E-state index < -0.39 is 0 Å². The zero-order valence-corrected chi connectivity index (χ0v) is 17.6. The molecular weight excluding hydrogens is 419 g/mol. The van der Waals surface area contributed by atoms with Crippen LogP contribution in [0.2, 0.25) is 0 Å². The van der Waals surface area contributed by atoms with E-state index >= 15 is 0 Å². The van der Waals surface area contributed by atoms with Crippen LogP contribution in [0.5, 0.6) is 0 Å². The molecule has 2 aromatic carbocycles. The summed E-state index contributed by atoms with van der Waals surface area (Å²) in [4.78, 5) is 0. The van der Waals surface area contributed by atoms with Crippen molar-refractivity contribution in [1.82, 2.24) is 0 Å². The largest absolute Gasteiger partial charge is 0.213 e. The summed E-state index contributed by atoms with van der Waals surface area (Å²) in [6.45, 7) is 6.68. The van der Waals surface area contributed by atoms with Crippen molar-refractivity contribution in [2.75, 3.05) is 0 Å². The fourth-order valence-corrected chi connectivity index (χ4v) is 2.40. The molecule has 0 aliphatic heterocycles. The first-order valence-corrected chi connectivity index (χ1v) is 8.25. The predicted octanol–water partition coefficient (Wildman–Crippen LogP) is 6.06. The van der Waals surface area contributed by atoms with E-state index in [9.17, 15) is 0 Å². The van der Waals surface area contributed by atoms with E-state index in [-0.39, 0.29) is 25.8 Å². The van der Waals surface area contributed by atoms with Gasteiger partial charge in [0, 0.05) is 25.8 Å². The van der Waals surface area contributed by atoms with Crippen molar-refractivity contribution >= 4 is 0 Å². The molecular formula is C20H30Hf-2. The van der Waals surface area contributed by atoms with Crippen molar-refractivity contribution < 1.29 is 25.8 Å². The van der Waals surface area contributed by atoms with E-state index in [1.807, 2.05) is 0 Å². The first kappa shape index (κ1) is 20.6. The van der Waals surface area contributed by atoms with Gasteiger partial charge in [0.25, 0.3) is 0 Å². The van der Waals surface area contributed by atoms with Crippen molar-refractivity contribution in [3.05, 3.63) is 59.2 Å². The van der Waals surface area contributed by atoms with Crippen LogP contribution in [0.4, 0.5) is 0 Å². The summed E-state index contributed by atoms with van der Waals surface area (Å²) < 4.78 is 0. The summed E-state index contributed by atoms with van der Waals surface area (Å²) >= 11 is 0. The maximum atomic E-state index is 2.36. The first-order valence-electron chi connectivity index (χ1n) is 8.25. The second-order valence-corrected chi connectivity index (χ2v) is 5.52. The molecule has 0 bridgehead atoms. The molecule has 2 rings (SSSR count). The number of rotatable bonds is 7. The Morgan fingerprint density at radius 2 is 1.43 bits per heavy atom. The summed E-state index contributed by atoms with van der Waals surface area (Å²) in [5, 5.41) is 0. The molecule has 0 unspecified atom stereocenters. The second kappa shape index (κ2) is 13.2. The molecule has 0 N–H and O–H groups in total. The molecule has 0 atom stereocenters. The zero-order chi connectivity index (χ0) is 14.6. The maximum Gasteiger partial charge on any atom is 0 e. The molecule has 1 heteroatoms. The van der Waals surface area contributed by atoms with Gasteiger partial charge in [-0.1, -0.05) is 65.7 Å². The Bertz CT molecular complexity index is 422. The fraction of sp³-hybridized carbons (Fsp3) is 0.500. The van der Waals surface area contributed by atoms with Gasteiger partial charge < -0.3 is 0 Å².